The molecular formula is C15H15NO. The molecule has 0 unspecified atom stereocenters. The maximum atomic E-state index is 12.0. The van der Waals surface area contributed by atoms with E-state index in [1.165, 1.54) is 5.56 Å². The van der Waals surface area contributed by atoms with Gasteiger partial charge in [0, 0.05) is 11.3 Å². The van der Waals surface area contributed by atoms with Gasteiger partial charge in [0.2, 0.25) is 0 Å². The van der Waals surface area contributed by atoms with E-state index >= 15 is 0 Å². The molecule has 1 N–H and O–H groups in total. The van der Waals surface area contributed by atoms with Gasteiger partial charge < -0.3 is 5.32 Å². The van der Waals surface area contributed by atoms with Crippen molar-refractivity contribution in [3.05, 3.63) is 65.2 Å². The molecule has 1 amide bonds. The van der Waals surface area contributed by atoms with E-state index in [2.05, 4.69) is 5.32 Å². The van der Waals surface area contributed by atoms with Crippen LogP contribution in [0, 0.1) is 13.8 Å². The molecule has 0 saturated heterocycles. The first-order chi connectivity index (χ1) is 8.16. The predicted octanol–water partition coefficient (Wildman–Crippen LogP) is 3.56. The van der Waals surface area contributed by atoms with Gasteiger partial charge in [0.1, 0.15) is 0 Å². The van der Waals surface area contributed by atoms with Crippen LogP contribution >= 0.6 is 0 Å². The number of rotatable bonds is 2. The van der Waals surface area contributed by atoms with Gasteiger partial charge in [-0.3, -0.25) is 4.79 Å². The zero-order chi connectivity index (χ0) is 12.3. The van der Waals surface area contributed by atoms with Gasteiger partial charge in [-0.15, -0.1) is 0 Å². The Morgan fingerprint density at radius 2 is 1.65 bits per heavy atom. The van der Waals surface area contributed by atoms with Gasteiger partial charge >= 0.3 is 0 Å². The van der Waals surface area contributed by atoms with Crippen LogP contribution in [0.4, 0.5) is 5.69 Å². The summed E-state index contributed by atoms with van der Waals surface area (Å²) in [7, 11) is 0. The fraction of sp³-hybridized carbons (Fsp3) is 0.133. The lowest BCUT2D eigenvalue weighted by Gasteiger charge is -2.06. The predicted molar refractivity (Wildman–Crippen MR) is 70.3 cm³/mol. The van der Waals surface area contributed by atoms with Crippen LogP contribution in [0.15, 0.2) is 48.5 Å². The van der Waals surface area contributed by atoms with Crippen molar-refractivity contribution in [1.29, 1.82) is 0 Å². The van der Waals surface area contributed by atoms with Gasteiger partial charge in [-0.1, -0.05) is 24.3 Å². The SMILES string of the molecule is Cc1ccc(C(=O)Nc2ccccc2)cc1C. The number of para-hydroxylation sites is 1. The van der Waals surface area contributed by atoms with E-state index in [1.54, 1.807) is 0 Å². The lowest BCUT2D eigenvalue weighted by atomic mass is 10.1. The molecule has 0 heterocycles. The van der Waals surface area contributed by atoms with Crippen molar-refractivity contribution in [2.24, 2.45) is 0 Å². The third-order valence-corrected chi connectivity index (χ3v) is 2.80. The van der Waals surface area contributed by atoms with Crippen molar-refractivity contribution in [3.8, 4) is 0 Å². The second-order valence-electron chi connectivity index (χ2n) is 4.12. The topological polar surface area (TPSA) is 29.1 Å². The molecule has 2 aromatic rings. The summed E-state index contributed by atoms with van der Waals surface area (Å²) in [4.78, 5) is 12.0. The Morgan fingerprint density at radius 3 is 2.29 bits per heavy atom. The molecule has 0 aromatic heterocycles. The largest absolute Gasteiger partial charge is 0.322 e. The minimum absolute atomic E-state index is 0.0701. The molecule has 2 heteroatoms. The molecule has 86 valence electrons. The van der Waals surface area contributed by atoms with Crippen LogP contribution in [0.2, 0.25) is 0 Å². The van der Waals surface area contributed by atoms with E-state index in [4.69, 9.17) is 0 Å². The number of nitrogens with one attached hydrogen (secondary N) is 1. The summed E-state index contributed by atoms with van der Waals surface area (Å²) in [6.45, 7) is 4.04. The minimum Gasteiger partial charge on any atom is -0.322 e. The first-order valence-electron chi connectivity index (χ1n) is 5.60. The molecule has 0 spiro atoms. The van der Waals surface area contributed by atoms with Gasteiger partial charge in [0.25, 0.3) is 5.91 Å². The third-order valence-electron chi connectivity index (χ3n) is 2.80. The molecular weight excluding hydrogens is 210 g/mol. The van der Waals surface area contributed by atoms with E-state index in [0.29, 0.717) is 5.56 Å². The highest BCUT2D eigenvalue weighted by Gasteiger charge is 2.06. The average Bonchev–Trinajstić information content (AvgIpc) is 2.34. The number of carbonyl (C=O) groups excluding carboxylic acids is 1. The first kappa shape index (κ1) is 11.4. The van der Waals surface area contributed by atoms with Crippen LogP contribution in [-0.4, -0.2) is 5.91 Å². The van der Waals surface area contributed by atoms with Crippen LogP contribution in [0.25, 0.3) is 0 Å². The molecule has 0 bridgehead atoms. The molecule has 0 radical (unpaired) electrons. The zero-order valence-electron chi connectivity index (χ0n) is 10.0. The molecule has 2 nitrogen and oxygen atoms in total. The fourth-order valence-electron chi connectivity index (χ4n) is 1.61. The zero-order valence-corrected chi connectivity index (χ0v) is 10.0. The first-order valence-corrected chi connectivity index (χ1v) is 5.60. The van der Waals surface area contributed by atoms with E-state index in [-0.39, 0.29) is 5.91 Å². The van der Waals surface area contributed by atoms with Crippen LogP contribution < -0.4 is 5.32 Å². The summed E-state index contributed by atoms with van der Waals surface area (Å²) in [6.07, 6.45) is 0. The average molecular weight is 225 g/mol. The molecule has 0 aliphatic rings. The van der Waals surface area contributed by atoms with Crippen LogP contribution in [-0.2, 0) is 0 Å². The summed E-state index contributed by atoms with van der Waals surface area (Å²) in [5, 5.41) is 2.87. The Kier molecular flexibility index (Phi) is 3.24. The number of hydrogen-bond donors (Lipinski definition) is 1. The maximum absolute atomic E-state index is 12.0. The third kappa shape index (κ3) is 2.72. The second kappa shape index (κ2) is 4.83. The number of anilines is 1. The number of carbonyl (C=O) groups is 1. The van der Waals surface area contributed by atoms with Gasteiger partial charge in [-0.05, 0) is 49.2 Å². The van der Waals surface area contributed by atoms with Crippen LogP contribution in [0.1, 0.15) is 21.5 Å². The maximum Gasteiger partial charge on any atom is 0.255 e. The Labute approximate surface area is 101 Å². The van der Waals surface area contributed by atoms with Gasteiger partial charge in [0.05, 0.1) is 0 Å². The molecule has 17 heavy (non-hydrogen) atoms. The van der Waals surface area contributed by atoms with Gasteiger partial charge in [0.15, 0.2) is 0 Å². The van der Waals surface area contributed by atoms with Crippen LogP contribution in [0.3, 0.4) is 0 Å². The number of hydrogen-bond acceptors (Lipinski definition) is 1. The minimum atomic E-state index is -0.0701. The number of aryl methyl sites for hydroxylation is 2. The van der Waals surface area contributed by atoms with Crippen LogP contribution in [0.5, 0.6) is 0 Å². The van der Waals surface area contributed by atoms with Crippen molar-refractivity contribution in [1.82, 2.24) is 0 Å². The fourth-order valence-corrected chi connectivity index (χ4v) is 1.61. The molecule has 0 atom stereocenters. The number of amides is 1. The second-order valence-corrected chi connectivity index (χ2v) is 4.12. The van der Waals surface area contributed by atoms with Crippen molar-refractivity contribution in [3.63, 3.8) is 0 Å². The summed E-state index contributed by atoms with van der Waals surface area (Å²) in [5.74, 6) is -0.0701. The van der Waals surface area contributed by atoms with Gasteiger partial charge in [-0.2, -0.15) is 0 Å². The Hall–Kier alpha value is -2.09. The van der Waals surface area contributed by atoms with Crippen molar-refractivity contribution >= 4 is 11.6 Å². The van der Waals surface area contributed by atoms with Crippen molar-refractivity contribution < 1.29 is 4.79 Å². The van der Waals surface area contributed by atoms with E-state index in [9.17, 15) is 4.79 Å². The summed E-state index contributed by atoms with van der Waals surface area (Å²) >= 11 is 0. The smallest absolute Gasteiger partial charge is 0.255 e. The molecule has 0 saturated carbocycles. The normalized spacial score (nSPS) is 10.0. The van der Waals surface area contributed by atoms with Crippen molar-refractivity contribution in [2.45, 2.75) is 13.8 Å². The summed E-state index contributed by atoms with van der Waals surface area (Å²) < 4.78 is 0. The summed E-state index contributed by atoms with van der Waals surface area (Å²) in [6, 6.07) is 15.2. The Morgan fingerprint density at radius 1 is 0.941 bits per heavy atom. The Bertz CT molecular complexity index is 532. The molecule has 0 fully saturated rings. The lowest BCUT2D eigenvalue weighted by molar-refractivity contribution is 0.102. The van der Waals surface area contributed by atoms with E-state index in [0.717, 1.165) is 11.3 Å². The molecule has 0 aliphatic heterocycles. The quantitative estimate of drug-likeness (QED) is 0.832. The monoisotopic (exact) mass is 225 g/mol. The molecule has 2 aromatic carbocycles. The number of benzene rings is 2. The molecule has 0 aliphatic carbocycles. The highest BCUT2D eigenvalue weighted by atomic mass is 16.1. The standard InChI is InChI=1S/C15H15NO/c1-11-8-9-13(10-12(11)2)15(17)16-14-6-4-3-5-7-14/h3-10H,1-2H3,(H,16,17). The molecule has 2 rings (SSSR count). The highest BCUT2D eigenvalue weighted by Crippen LogP contribution is 2.12. The lowest BCUT2D eigenvalue weighted by Crippen LogP contribution is -2.11. The highest BCUT2D eigenvalue weighted by molar-refractivity contribution is 6.04. The van der Waals surface area contributed by atoms with Crippen molar-refractivity contribution in [2.75, 3.05) is 5.32 Å². The van der Waals surface area contributed by atoms with E-state index in [1.807, 2.05) is 62.4 Å². The summed E-state index contributed by atoms with van der Waals surface area (Å²) in [5.41, 5.74) is 3.83. The van der Waals surface area contributed by atoms with Gasteiger partial charge in [-0.25, -0.2) is 0 Å². The Balaban J connectivity index is 2.18. The van der Waals surface area contributed by atoms with E-state index < -0.39 is 0 Å².